The molecule has 1 saturated carbocycles. The van der Waals surface area contributed by atoms with Gasteiger partial charge in [0.05, 0.1) is 22.3 Å². The number of H-pyrrole nitrogens is 1. The van der Waals surface area contributed by atoms with Gasteiger partial charge in [0, 0.05) is 11.9 Å². The lowest BCUT2D eigenvalue weighted by atomic mass is 9.84. The highest BCUT2D eigenvalue weighted by Crippen LogP contribution is 2.49. The molecule has 3 heterocycles. The molecule has 1 aliphatic carbocycles. The molecular formula is C19H29N3O2S. The number of aromatic amines is 1. The number of rotatable bonds is 2. The van der Waals surface area contributed by atoms with Crippen LogP contribution in [0.3, 0.4) is 0 Å². The van der Waals surface area contributed by atoms with Crippen molar-refractivity contribution in [2.24, 2.45) is 10.9 Å². The van der Waals surface area contributed by atoms with Crippen molar-refractivity contribution in [3.8, 4) is 0 Å². The summed E-state index contributed by atoms with van der Waals surface area (Å²) < 4.78 is 7.92. The summed E-state index contributed by atoms with van der Waals surface area (Å²) in [6.45, 7) is 7.07. The molecule has 138 valence electrons. The van der Waals surface area contributed by atoms with Gasteiger partial charge < -0.3 is 4.74 Å². The predicted molar refractivity (Wildman–Crippen MR) is 103 cm³/mol. The van der Waals surface area contributed by atoms with Gasteiger partial charge in [-0.25, -0.2) is 4.99 Å². The summed E-state index contributed by atoms with van der Waals surface area (Å²) in [6, 6.07) is 0.256. The van der Waals surface area contributed by atoms with E-state index in [0.717, 1.165) is 35.9 Å². The van der Waals surface area contributed by atoms with Crippen LogP contribution in [0.15, 0.2) is 9.79 Å². The van der Waals surface area contributed by atoms with Crippen LogP contribution in [0.2, 0.25) is 0 Å². The van der Waals surface area contributed by atoms with Crippen LogP contribution in [0, 0.1) is 5.92 Å². The van der Waals surface area contributed by atoms with Gasteiger partial charge >= 0.3 is 0 Å². The lowest BCUT2D eigenvalue weighted by molar-refractivity contribution is -0.0705. The topological polar surface area (TPSA) is 59.4 Å². The smallest absolute Gasteiger partial charge is 0.270 e. The molecule has 6 heteroatoms. The summed E-state index contributed by atoms with van der Waals surface area (Å²) in [4.78, 5) is 17.7. The summed E-state index contributed by atoms with van der Waals surface area (Å²) in [5.74, 6) is 1.49. The molecule has 0 spiro atoms. The van der Waals surface area contributed by atoms with E-state index in [1.165, 1.54) is 32.1 Å². The van der Waals surface area contributed by atoms with Crippen molar-refractivity contribution in [2.75, 3.05) is 6.61 Å². The van der Waals surface area contributed by atoms with Gasteiger partial charge in [0.1, 0.15) is 0 Å². The number of fused-ring (bicyclic) bond motifs is 1. The number of thioether (sulfide) groups is 1. The lowest BCUT2D eigenvalue weighted by Gasteiger charge is -2.36. The van der Waals surface area contributed by atoms with E-state index in [-0.39, 0.29) is 22.5 Å². The highest BCUT2D eigenvalue weighted by molar-refractivity contribution is 8.14. The minimum Gasteiger partial charge on any atom is -0.375 e. The molecule has 1 N–H and O–H groups in total. The molecule has 2 aliphatic heterocycles. The van der Waals surface area contributed by atoms with Crippen molar-refractivity contribution >= 4 is 22.6 Å². The zero-order valence-electron chi connectivity index (χ0n) is 15.5. The van der Waals surface area contributed by atoms with E-state index in [4.69, 9.17) is 9.73 Å². The molecule has 2 unspecified atom stereocenters. The third kappa shape index (κ3) is 3.35. The Morgan fingerprint density at radius 1 is 1.24 bits per heavy atom. The van der Waals surface area contributed by atoms with Crippen LogP contribution in [0.25, 0.3) is 0 Å². The molecule has 2 atom stereocenters. The fraction of sp³-hybridized carbons (Fsp3) is 0.789. The van der Waals surface area contributed by atoms with E-state index in [1.54, 1.807) is 11.8 Å². The van der Waals surface area contributed by atoms with Gasteiger partial charge in [0.2, 0.25) is 0 Å². The van der Waals surface area contributed by atoms with Gasteiger partial charge in [-0.15, -0.1) is 11.8 Å². The third-order valence-corrected chi connectivity index (χ3v) is 7.20. The molecule has 4 rings (SSSR count). The zero-order chi connectivity index (χ0) is 17.6. The standard InChI is InChI=1S/C19H29N3O2S/c1-12-20-17-15(16(25-12)13-7-5-4-6-8-13)18(23)21-22(17)14-9-10-24-19(2,3)11-14/h13-14,16H,4-11H2,1-3H3,(H,21,23). The summed E-state index contributed by atoms with van der Waals surface area (Å²) in [6.07, 6.45) is 8.22. The van der Waals surface area contributed by atoms with Gasteiger partial charge in [0.15, 0.2) is 5.82 Å². The maximum atomic E-state index is 12.9. The quantitative estimate of drug-likeness (QED) is 0.827. The summed E-state index contributed by atoms with van der Waals surface area (Å²) in [5, 5.41) is 4.49. The van der Waals surface area contributed by atoms with Crippen LogP contribution in [-0.2, 0) is 4.74 Å². The van der Waals surface area contributed by atoms with Crippen LogP contribution in [0.1, 0.15) is 82.6 Å². The first-order chi connectivity index (χ1) is 11.9. The number of hydrogen-bond acceptors (Lipinski definition) is 4. The third-order valence-electron chi connectivity index (χ3n) is 5.90. The normalized spacial score (nSPS) is 30.0. The second-order valence-corrected chi connectivity index (χ2v) is 9.70. The van der Waals surface area contributed by atoms with Gasteiger partial charge in [-0.05, 0) is 52.4 Å². The Kier molecular flexibility index (Phi) is 4.61. The Morgan fingerprint density at radius 2 is 2.00 bits per heavy atom. The minimum atomic E-state index is -0.151. The molecule has 3 aliphatic rings. The lowest BCUT2D eigenvalue weighted by Crippen LogP contribution is -2.35. The Bertz CT molecular complexity index is 728. The fourth-order valence-corrected chi connectivity index (χ4v) is 6.00. The van der Waals surface area contributed by atoms with Crippen molar-refractivity contribution in [1.82, 2.24) is 9.78 Å². The molecule has 1 aromatic heterocycles. The second-order valence-electron chi connectivity index (χ2n) is 8.37. The van der Waals surface area contributed by atoms with Crippen molar-refractivity contribution in [3.05, 3.63) is 15.9 Å². The second kappa shape index (κ2) is 6.62. The average Bonchev–Trinajstić information content (AvgIpc) is 2.91. The van der Waals surface area contributed by atoms with Gasteiger partial charge in [-0.2, -0.15) is 0 Å². The molecular weight excluding hydrogens is 334 g/mol. The minimum absolute atomic E-state index is 0.0682. The summed E-state index contributed by atoms with van der Waals surface area (Å²) in [7, 11) is 0. The van der Waals surface area contributed by atoms with Gasteiger partial charge in [-0.1, -0.05) is 19.3 Å². The predicted octanol–water partition coefficient (Wildman–Crippen LogP) is 4.72. The molecule has 0 radical (unpaired) electrons. The number of aromatic nitrogens is 2. The van der Waals surface area contributed by atoms with Crippen molar-refractivity contribution in [3.63, 3.8) is 0 Å². The van der Waals surface area contributed by atoms with Gasteiger partial charge in [-0.3, -0.25) is 14.6 Å². The first-order valence-electron chi connectivity index (χ1n) is 9.65. The van der Waals surface area contributed by atoms with E-state index in [2.05, 4.69) is 30.6 Å². The molecule has 5 nitrogen and oxygen atoms in total. The van der Waals surface area contributed by atoms with E-state index in [9.17, 15) is 4.79 Å². The molecule has 0 amide bonds. The Labute approximate surface area is 153 Å². The molecule has 1 aromatic rings. The molecule has 25 heavy (non-hydrogen) atoms. The van der Waals surface area contributed by atoms with E-state index in [1.807, 2.05) is 0 Å². The van der Waals surface area contributed by atoms with E-state index in [0.29, 0.717) is 5.92 Å². The Morgan fingerprint density at radius 3 is 2.72 bits per heavy atom. The van der Waals surface area contributed by atoms with Crippen molar-refractivity contribution < 1.29 is 4.74 Å². The first-order valence-corrected chi connectivity index (χ1v) is 10.5. The van der Waals surface area contributed by atoms with Crippen molar-refractivity contribution in [2.45, 2.75) is 82.6 Å². The van der Waals surface area contributed by atoms with E-state index < -0.39 is 0 Å². The zero-order valence-corrected chi connectivity index (χ0v) is 16.3. The van der Waals surface area contributed by atoms with Crippen LogP contribution in [0.5, 0.6) is 0 Å². The fourth-order valence-electron chi connectivity index (χ4n) is 4.70. The van der Waals surface area contributed by atoms with Crippen LogP contribution in [0.4, 0.5) is 5.82 Å². The monoisotopic (exact) mass is 363 g/mol. The average molecular weight is 364 g/mol. The number of ether oxygens (including phenoxy) is 1. The van der Waals surface area contributed by atoms with Crippen LogP contribution < -0.4 is 5.56 Å². The Hall–Kier alpha value is -1.01. The Balaban J connectivity index is 1.72. The van der Waals surface area contributed by atoms with Crippen molar-refractivity contribution in [1.29, 1.82) is 0 Å². The molecule has 0 bridgehead atoms. The highest BCUT2D eigenvalue weighted by Gasteiger charge is 2.38. The summed E-state index contributed by atoms with van der Waals surface area (Å²) in [5.41, 5.74) is 0.840. The van der Waals surface area contributed by atoms with Crippen LogP contribution >= 0.6 is 11.8 Å². The number of hydrogen-bond donors (Lipinski definition) is 1. The summed E-state index contributed by atoms with van der Waals surface area (Å²) >= 11 is 1.80. The van der Waals surface area contributed by atoms with E-state index >= 15 is 0 Å². The number of nitrogens with one attached hydrogen (secondary N) is 1. The van der Waals surface area contributed by atoms with Gasteiger partial charge in [0.25, 0.3) is 5.56 Å². The highest BCUT2D eigenvalue weighted by atomic mass is 32.2. The maximum absolute atomic E-state index is 12.9. The van der Waals surface area contributed by atoms with Crippen LogP contribution in [-0.4, -0.2) is 27.0 Å². The molecule has 1 saturated heterocycles. The number of nitrogens with zero attached hydrogens (tertiary/aromatic N) is 2. The largest absolute Gasteiger partial charge is 0.375 e. The first kappa shape index (κ1) is 17.4. The molecule has 2 fully saturated rings. The molecule has 0 aromatic carbocycles. The number of aliphatic imine (C=N–C) groups is 1. The SMILES string of the molecule is CC1=Nc2c(c(=O)[nH]n2C2CCOC(C)(C)C2)C(C2CCCCC2)S1. The maximum Gasteiger partial charge on any atom is 0.270 e.